The van der Waals surface area contributed by atoms with E-state index in [9.17, 15) is 4.79 Å². The molecular weight excluding hydrogens is 546 g/mol. The highest BCUT2D eigenvalue weighted by molar-refractivity contribution is 5.80. The van der Waals surface area contributed by atoms with Crippen LogP contribution in [0, 0.1) is 5.92 Å². The van der Waals surface area contributed by atoms with Crippen molar-refractivity contribution in [3.05, 3.63) is 78.6 Å². The Labute approximate surface area is 249 Å². The molecule has 2 N–H and O–H groups in total. The first kappa shape index (κ1) is 28.2. The highest BCUT2D eigenvalue weighted by atomic mass is 16.6. The summed E-state index contributed by atoms with van der Waals surface area (Å²) in [5, 5.41) is 0. The summed E-state index contributed by atoms with van der Waals surface area (Å²) in [6, 6.07) is 15.3. The Bertz CT molecular complexity index is 1700. The molecule has 1 saturated heterocycles. The molecule has 5 aromatic rings. The number of nitrogens with two attached hydrogens (primary N) is 1. The number of nitrogen functional groups attached to an aromatic ring is 1. The minimum atomic E-state index is -0.497. The number of likely N-dealkylation sites (tertiary alicyclic amines) is 1. The van der Waals surface area contributed by atoms with Crippen molar-refractivity contribution in [3.63, 3.8) is 0 Å². The van der Waals surface area contributed by atoms with E-state index >= 15 is 0 Å². The molecule has 1 fully saturated rings. The highest BCUT2D eigenvalue weighted by Crippen LogP contribution is 2.29. The number of piperidine rings is 1. The Morgan fingerprint density at radius 1 is 1.05 bits per heavy atom. The van der Waals surface area contributed by atoms with Crippen LogP contribution in [0.3, 0.4) is 0 Å². The third-order valence-electron chi connectivity index (χ3n) is 7.29. The Balaban J connectivity index is 1.23. The molecule has 222 valence electrons. The number of hydrogen-bond donors (Lipinski definition) is 1. The summed E-state index contributed by atoms with van der Waals surface area (Å²) in [6.45, 7) is 7.53. The van der Waals surface area contributed by atoms with Crippen molar-refractivity contribution in [2.45, 2.75) is 45.6 Å². The second-order valence-electron chi connectivity index (χ2n) is 11.7. The molecule has 0 atom stereocenters. The molecule has 1 aromatic carbocycles. The number of carbonyl (C=O) groups is 1. The monoisotopic (exact) mass is 581 g/mol. The van der Waals surface area contributed by atoms with E-state index in [1.165, 1.54) is 0 Å². The molecule has 11 nitrogen and oxygen atoms in total. The van der Waals surface area contributed by atoms with Gasteiger partial charge in [-0.3, -0.25) is 9.55 Å². The van der Waals surface area contributed by atoms with E-state index in [0.29, 0.717) is 49.3 Å². The number of benzene rings is 1. The summed E-state index contributed by atoms with van der Waals surface area (Å²) in [6.07, 6.45) is 7.16. The quantitative estimate of drug-likeness (QED) is 0.258. The number of imidazole rings is 1. The summed E-state index contributed by atoms with van der Waals surface area (Å²) < 4.78 is 19.3. The van der Waals surface area contributed by atoms with Gasteiger partial charge >= 0.3 is 6.09 Å². The second-order valence-corrected chi connectivity index (χ2v) is 11.7. The lowest BCUT2D eigenvalue weighted by Crippen LogP contribution is -2.42. The van der Waals surface area contributed by atoms with Crippen LogP contribution in [0.25, 0.3) is 28.3 Å². The fourth-order valence-corrected chi connectivity index (χ4v) is 5.20. The van der Waals surface area contributed by atoms with Gasteiger partial charge in [0.15, 0.2) is 5.76 Å². The van der Waals surface area contributed by atoms with E-state index in [1.54, 1.807) is 29.6 Å². The van der Waals surface area contributed by atoms with Gasteiger partial charge in [-0.25, -0.2) is 14.8 Å². The van der Waals surface area contributed by atoms with Crippen molar-refractivity contribution in [1.29, 1.82) is 0 Å². The molecule has 1 amide bonds. The van der Waals surface area contributed by atoms with Gasteiger partial charge in [0.05, 0.1) is 23.9 Å². The molecule has 6 rings (SSSR count). The summed E-state index contributed by atoms with van der Waals surface area (Å²) in [4.78, 5) is 32.3. The van der Waals surface area contributed by atoms with Gasteiger partial charge in [-0.2, -0.15) is 4.98 Å². The molecule has 5 heterocycles. The zero-order valence-corrected chi connectivity index (χ0v) is 24.6. The molecule has 0 spiro atoms. The molecule has 11 heteroatoms. The van der Waals surface area contributed by atoms with E-state index in [1.807, 2.05) is 67.8 Å². The van der Waals surface area contributed by atoms with Crippen LogP contribution in [0.2, 0.25) is 0 Å². The number of hydrogen-bond acceptors (Lipinski definition) is 9. The number of rotatable bonds is 7. The number of amides is 1. The Morgan fingerprint density at radius 3 is 2.56 bits per heavy atom. The van der Waals surface area contributed by atoms with Crippen LogP contribution in [0.4, 0.5) is 10.7 Å². The summed E-state index contributed by atoms with van der Waals surface area (Å²) >= 11 is 0. The number of ether oxygens (including phenoxy) is 2. The standard InChI is InChI=1S/C32H35N7O4/c1-32(2,3)43-31(40)38-14-10-22(11-15-38)20-42-23-6-7-26-24(18-23)35-28(17-21-8-12-34-13-9-21)39(26)29-19-25(36-30(33)37-29)27-5-4-16-41-27/h4-9,12-13,16,18-19,22H,10-11,14-15,17,20H2,1-3H3,(H2,33,36,37). The summed E-state index contributed by atoms with van der Waals surface area (Å²) in [5.41, 5.74) is 8.94. The Morgan fingerprint density at radius 2 is 1.84 bits per heavy atom. The fraction of sp³-hybridized carbons (Fsp3) is 0.344. The third-order valence-corrected chi connectivity index (χ3v) is 7.29. The zero-order chi connectivity index (χ0) is 30.0. The van der Waals surface area contributed by atoms with Gasteiger partial charge in [-0.15, -0.1) is 0 Å². The molecule has 4 aromatic heterocycles. The van der Waals surface area contributed by atoms with Crippen LogP contribution < -0.4 is 10.5 Å². The number of anilines is 1. The van der Waals surface area contributed by atoms with Crippen LogP contribution in [-0.4, -0.2) is 60.8 Å². The molecule has 0 unspecified atom stereocenters. The first-order valence-corrected chi connectivity index (χ1v) is 14.4. The topological polar surface area (TPSA) is 134 Å². The van der Waals surface area contributed by atoms with E-state index in [0.717, 1.165) is 41.0 Å². The smallest absolute Gasteiger partial charge is 0.410 e. The predicted molar refractivity (Wildman–Crippen MR) is 162 cm³/mol. The largest absolute Gasteiger partial charge is 0.493 e. The maximum Gasteiger partial charge on any atom is 0.410 e. The molecular formula is C32H35N7O4. The van der Waals surface area contributed by atoms with Gasteiger partial charge in [0, 0.05) is 44.0 Å². The van der Waals surface area contributed by atoms with Crippen molar-refractivity contribution < 1.29 is 18.7 Å². The second kappa shape index (κ2) is 11.7. The lowest BCUT2D eigenvalue weighted by molar-refractivity contribution is 0.0165. The Hall–Kier alpha value is -4.93. The number of carbonyl (C=O) groups excluding carboxylic acids is 1. The average Bonchev–Trinajstić information content (AvgIpc) is 3.64. The van der Waals surface area contributed by atoms with Crippen LogP contribution in [0.5, 0.6) is 5.75 Å². The summed E-state index contributed by atoms with van der Waals surface area (Å²) in [5.74, 6) is 3.20. The van der Waals surface area contributed by atoms with Gasteiger partial charge in [-0.05, 0) is 81.5 Å². The maximum atomic E-state index is 12.4. The molecule has 0 radical (unpaired) electrons. The maximum absolute atomic E-state index is 12.4. The van der Waals surface area contributed by atoms with Crippen molar-refractivity contribution in [3.8, 4) is 23.0 Å². The molecule has 1 aliphatic heterocycles. The van der Waals surface area contributed by atoms with Crippen molar-refractivity contribution in [2.75, 3.05) is 25.4 Å². The number of aromatic nitrogens is 5. The molecule has 1 aliphatic rings. The minimum Gasteiger partial charge on any atom is -0.493 e. The third kappa shape index (κ3) is 6.61. The first-order chi connectivity index (χ1) is 20.7. The molecule has 0 bridgehead atoms. The van der Waals surface area contributed by atoms with Crippen LogP contribution in [-0.2, 0) is 11.2 Å². The molecule has 0 saturated carbocycles. The zero-order valence-electron chi connectivity index (χ0n) is 24.6. The number of nitrogens with zero attached hydrogens (tertiary/aromatic N) is 6. The number of furan rings is 1. The first-order valence-electron chi connectivity index (χ1n) is 14.4. The van der Waals surface area contributed by atoms with Crippen LogP contribution in [0.1, 0.15) is 45.0 Å². The lowest BCUT2D eigenvalue weighted by Gasteiger charge is -2.33. The van der Waals surface area contributed by atoms with Gasteiger partial charge in [-0.1, -0.05) is 0 Å². The van der Waals surface area contributed by atoms with E-state index in [2.05, 4.69) is 15.0 Å². The van der Waals surface area contributed by atoms with Crippen LogP contribution >= 0.6 is 0 Å². The van der Waals surface area contributed by atoms with Gasteiger partial charge in [0.25, 0.3) is 0 Å². The number of pyridine rings is 1. The normalized spacial score (nSPS) is 14.3. The minimum absolute atomic E-state index is 0.137. The lowest BCUT2D eigenvalue weighted by atomic mass is 9.98. The number of fused-ring (bicyclic) bond motifs is 1. The van der Waals surface area contributed by atoms with Gasteiger partial charge in [0.1, 0.15) is 28.7 Å². The highest BCUT2D eigenvalue weighted by Gasteiger charge is 2.27. The van der Waals surface area contributed by atoms with Gasteiger partial charge in [0.2, 0.25) is 5.95 Å². The van der Waals surface area contributed by atoms with Crippen molar-refractivity contribution in [1.82, 2.24) is 29.4 Å². The van der Waals surface area contributed by atoms with Crippen LogP contribution in [0.15, 0.2) is 71.6 Å². The molecule has 0 aliphatic carbocycles. The summed E-state index contributed by atoms with van der Waals surface area (Å²) in [7, 11) is 0. The van der Waals surface area contributed by atoms with Crippen molar-refractivity contribution in [2.24, 2.45) is 5.92 Å². The van der Waals surface area contributed by atoms with E-state index in [4.69, 9.17) is 24.6 Å². The predicted octanol–water partition coefficient (Wildman–Crippen LogP) is 5.67. The SMILES string of the molecule is CC(C)(C)OC(=O)N1CCC(COc2ccc3c(c2)nc(Cc2ccncc2)n3-c2cc(-c3ccco3)nc(N)n2)CC1. The van der Waals surface area contributed by atoms with Gasteiger partial charge < -0.3 is 24.5 Å². The average molecular weight is 582 g/mol. The van der Waals surface area contributed by atoms with E-state index < -0.39 is 5.60 Å². The molecule has 43 heavy (non-hydrogen) atoms. The fourth-order valence-electron chi connectivity index (χ4n) is 5.20. The van der Waals surface area contributed by atoms with E-state index in [-0.39, 0.29) is 12.0 Å². The van der Waals surface area contributed by atoms with Crippen molar-refractivity contribution >= 4 is 23.1 Å². The Kier molecular flexibility index (Phi) is 7.71.